The number of hydrogen-bond acceptors (Lipinski definition) is 4. The van der Waals surface area contributed by atoms with Crippen LogP contribution in [0.2, 0.25) is 0 Å². The first-order valence-electron chi connectivity index (χ1n) is 8.49. The van der Waals surface area contributed by atoms with E-state index in [0.717, 1.165) is 18.7 Å². The van der Waals surface area contributed by atoms with Crippen molar-refractivity contribution in [1.29, 1.82) is 0 Å². The molecule has 1 amide bonds. The topological polar surface area (TPSA) is 59.4 Å². The first-order chi connectivity index (χ1) is 11.7. The van der Waals surface area contributed by atoms with Crippen LogP contribution in [0.3, 0.4) is 0 Å². The molecule has 1 unspecified atom stereocenters. The van der Waals surface area contributed by atoms with Crippen molar-refractivity contribution in [3.05, 3.63) is 42.2 Å². The third-order valence-corrected chi connectivity index (χ3v) is 4.02. The SMILES string of the molecule is CCCOc1cn(-c2ccccc2)nc1C(=O)N1CCNC(C)C1.Cl. The third kappa shape index (κ3) is 4.52. The van der Waals surface area contributed by atoms with Crippen molar-refractivity contribution in [3.63, 3.8) is 0 Å². The molecule has 25 heavy (non-hydrogen) atoms. The van der Waals surface area contributed by atoms with Crippen LogP contribution in [0.15, 0.2) is 36.5 Å². The molecule has 0 radical (unpaired) electrons. The van der Waals surface area contributed by atoms with E-state index in [1.807, 2.05) is 42.2 Å². The van der Waals surface area contributed by atoms with Crippen LogP contribution in [0, 0.1) is 0 Å². The fourth-order valence-electron chi connectivity index (χ4n) is 2.80. The zero-order valence-corrected chi connectivity index (χ0v) is 15.5. The molecule has 1 aliphatic heterocycles. The molecule has 0 saturated carbocycles. The monoisotopic (exact) mass is 364 g/mol. The number of benzene rings is 1. The third-order valence-electron chi connectivity index (χ3n) is 4.02. The number of nitrogens with zero attached hydrogens (tertiary/aromatic N) is 3. The molecule has 0 spiro atoms. The van der Waals surface area contributed by atoms with E-state index in [1.54, 1.807) is 10.9 Å². The summed E-state index contributed by atoms with van der Waals surface area (Å²) in [6.07, 6.45) is 2.68. The number of aromatic nitrogens is 2. The molecule has 1 atom stereocenters. The summed E-state index contributed by atoms with van der Waals surface area (Å²) in [6, 6.07) is 10.1. The van der Waals surface area contributed by atoms with Gasteiger partial charge in [0.1, 0.15) is 0 Å². The summed E-state index contributed by atoms with van der Waals surface area (Å²) in [7, 11) is 0. The summed E-state index contributed by atoms with van der Waals surface area (Å²) in [6.45, 7) is 6.87. The predicted molar refractivity (Wildman–Crippen MR) is 100.0 cm³/mol. The Morgan fingerprint density at radius 1 is 1.36 bits per heavy atom. The molecule has 1 aliphatic rings. The highest BCUT2D eigenvalue weighted by Crippen LogP contribution is 2.22. The van der Waals surface area contributed by atoms with Crippen molar-refractivity contribution >= 4 is 18.3 Å². The molecule has 1 N–H and O–H groups in total. The van der Waals surface area contributed by atoms with Crippen LogP contribution < -0.4 is 10.1 Å². The quantitative estimate of drug-likeness (QED) is 0.885. The largest absolute Gasteiger partial charge is 0.489 e. The highest BCUT2D eigenvalue weighted by atomic mass is 35.5. The molecular formula is C18H25ClN4O2. The van der Waals surface area contributed by atoms with E-state index in [0.29, 0.717) is 37.2 Å². The lowest BCUT2D eigenvalue weighted by molar-refractivity contribution is 0.0698. The van der Waals surface area contributed by atoms with Crippen molar-refractivity contribution in [3.8, 4) is 11.4 Å². The smallest absolute Gasteiger partial charge is 0.278 e. The van der Waals surface area contributed by atoms with Gasteiger partial charge in [-0.05, 0) is 25.5 Å². The maximum Gasteiger partial charge on any atom is 0.278 e. The van der Waals surface area contributed by atoms with Crippen LogP contribution in [0.25, 0.3) is 5.69 Å². The van der Waals surface area contributed by atoms with Gasteiger partial charge in [-0.15, -0.1) is 12.4 Å². The summed E-state index contributed by atoms with van der Waals surface area (Å²) in [5.41, 5.74) is 1.30. The Balaban J connectivity index is 0.00000225. The van der Waals surface area contributed by atoms with E-state index in [-0.39, 0.29) is 18.3 Å². The van der Waals surface area contributed by atoms with Crippen molar-refractivity contribution in [2.24, 2.45) is 0 Å². The van der Waals surface area contributed by atoms with Crippen LogP contribution in [0.1, 0.15) is 30.8 Å². The molecule has 136 valence electrons. The van der Waals surface area contributed by atoms with Gasteiger partial charge in [-0.3, -0.25) is 4.79 Å². The number of hydrogen-bond donors (Lipinski definition) is 1. The number of halogens is 1. The average Bonchev–Trinajstić information content (AvgIpc) is 3.04. The fraction of sp³-hybridized carbons (Fsp3) is 0.444. The Morgan fingerprint density at radius 3 is 2.80 bits per heavy atom. The van der Waals surface area contributed by atoms with Gasteiger partial charge in [-0.25, -0.2) is 4.68 Å². The van der Waals surface area contributed by atoms with Crippen LogP contribution in [-0.2, 0) is 0 Å². The molecule has 1 aromatic carbocycles. The summed E-state index contributed by atoms with van der Waals surface area (Å²) < 4.78 is 7.49. The summed E-state index contributed by atoms with van der Waals surface area (Å²) in [4.78, 5) is 14.8. The molecule has 7 heteroatoms. The summed E-state index contributed by atoms with van der Waals surface area (Å²) in [5.74, 6) is 0.487. The summed E-state index contributed by atoms with van der Waals surface area (Å²) >= 11 is 0. The lowest BCUT2D eigenvalue weighted by atomic mass is 10.2. The molecule has 0 bridgehead atoms. The normalized spacial score (nSPS) is 17.0. The van der Waals surface area contributed by atoms with Gasteiger partial charge in [-0.1, -0.05) is 25.1 Å². The zero-order valence-electron chi connectivity index (χ0n) is 14.6. The van der Waals surface area contributed by atoms with E-state index in [9.17, 15) is 4.79 Å². The fourth-order valence-corrected chi connectivity index (χ4v) is 2.80. The van der Waals surface area contributed by atoms with Gasteiger partial charge in [0, 0.05) is 25.7 Å². The molecular weight excluding hydrogens is 340 g/mol. The first-order valence-corrected chi connectivity index (χ1v) is 8.49. The minimum atomic E-state index is -0.0656. The number of nitrogens with one attached hydrogen (secondary N) is 1. The van der Waals surface area contributed by atoms with E-state index in [4.69, 9.17) is 4.74 Å². The Morgan fingerprint density at radius 2 is 2.12 bits per heavy atom. The molecule has 0 aliphatic carbocycles. The number of amides is 1. The van der Waals surface area contributed by atoms with E-state index in [1.165, 1.54) is 0 Å². The molecule has 6 nitrogen and oxygen atoms in total. The molecule has 1 fully saturated rings. The van der Waals surface area contributed by atoms with Crippen molar-refractivity contribution in [2.45, 2.75) is 26.3 Å². The van der Waals surface area contributed by atoms with Gasteiger partial charge in [0.05, 0.1) is 18.5 Å². The number of carbonyl (C=O) groups excluding carboxylic acids is 1. The predicted octanol–water partition coefficient (Wildman–Crippen LogP) is 2.52. The van der Waals surface area contributed by atoms with E-state index in [2.05, 4.69) is 17.3 Å². The van der Waals surface area contributed by atoms with Gasteiger partial charge in [0.15, 0.2) is 11.4 Å². The zero-order chi connectivity index (χ0) is 16.9. The number of para-hydroxylation sites is 1. The first kappa shape index (κ1) is 19.3. The summed E-state index contributed by atoms with van der Waals surface area (Å²) in [5, 5.41) is 7.86. The highest BCUT2D eigenvalue weighted by Gasteiger charge is 2.27. The van der Waals surface area contributed by atoms with Gasteiger partial charge in [0.25, 0.3) is 5.91 Å². The second kappa shape index (κ2) is 8.87. The Hall–Kier alpha value is -2.05. The lowest BCUT2D eigenvalue weighted by Gasteiger charge is -2.31. The second-order valence-corrected chi connectivity index (χ2v) is 6.08. The van der Waals surface area contributed by atoms with Crippen molar-refractivity contribution in [2.75, 3.05) is 26.2 Å². The van der Waals surface area contributed by atoms with Gasteiger partial charge < -0.3 is 15.0 Å². The van der Waals surface area contributed by atoms with Gasteiger partial charge in [-0.2, -0.15) is 5.10 Å². The standard InChI is InChI=1S/C18H24N4O2.ClH/c1-3-11-24-16-13-22(15-7-5-4-6-8-15)20-17(16)18(23)21-10-9-19-14(2)12-21;/h4-8,13-14,19H,3,9-12H2,1-2H3;1H. The number of carbonyl (C=O) groups is 1. The van der Waals surface area contributed by atoms with Gasteiger partial charge >= 0.3 is 0 Å². The lowest BCUT2D eigenvalue weighted by Crippen LogP contribution is -2.51. The number of piperazine rings is 1. The van der Waals surface area contributed by atoms with E-state index >= 15 is 0 Å². The second-order valence-electron chi connectivity index (χ2n) is 6.08. The maximum atomic E-state index is 12.9. The molecule has 3 rings (SSSR count). The minimum absolute atomic E-state index is 0. The Labute approximate surface area is 154 Å². The molecule has 1 saturated heterocycles. The van der Waals surface area contributed by atoms with Gasteiger partial charge in [0.2, 0.25) is 0 Å². The number of ether oxygens (including phenoxy) is 1. The molecule has 1 aromatic heterocycles. The maximum absolute atomic E-state index is 12.9. The number of rotatable bonds is 5. The van der Waals surface area contributed by atoms with Crippen LogP contribution >= 0.6 is 12.4 Å². The van der Waals surface area contributed by atoms with E-state index < -0.39 is 0 Å². The minimum Gasteiger partial charge on any atom is -0.489 e. The molecule has 2 heterocycles. The molecule has 2 aromatic rings. The van der Waals surface area contributed by atoms with Crippen LogP contribution in [-0.4, -0.2) is 52.9 Å². The Bertz CT molecular complexity index is 690. The highest BCUT2D eigenvalue weighted by molar-refractivity contribution is 5.95. The van der Waals surface area contributed by atoms with Crippen molar-refractivity contribution < 1.29 is 9.53 Å². The van der Waals surface area contributed by atoms with Crippen molar-refractivity contribution in [1.82, 2.24) is 20.0 Å². The van der Waals surface area contributed by atoms with Crippen LogP contribution in [0.4, 0.5) is 0 Å². The average molecular weight is 365 g/mol. The van der Waals surface area contributed by atoms with Crippen LogP contribution in [0.5, 0.6) is 5.75 Å². The Kier molecular flexibility index (Phi) is 6.84.